The number of hydrogen-bond acceptors (Lipinski definition) is 5. The fourth-order valence-corrected chi connectivity index (χ4v) is 4.63. The Kier molecular flexibility index (Phi) is 10.5. The van der Waals surface area contributed by atoms with Crippen LogP contribution in [0, 0.1) is 0 Å². The Balaban J connectivity index is 2.05. The van der Waals surface area contributed by atoms with Crippen molar-refractivity contribution in [2.24, 2.45) is 5.73 Å². The molecule has 0 fully saturated rings. The summed E-state index contributed by atoms with van der Waals surface area (Å²) >= 11 is 0. The van der Waals surface area contributed by atoms with Crippen LogP contribution in [0.15, 0.2) is 73.3 Å². The Hall–Kier alpha value is -4.66. The molecule has 0 aliphatic rings. The van der Waals surface area contributed by atoms with Gasteiger partial charge in [0.25, 0.3) is 5.91 Å². The molecule has 9 heteroatoms. The largest absolute Gasteiger partial charge is 0.444 e. The standard InChI is InChI=1S/C33H40N4O5/c1-7-22-11-10-14-25(19-22)29(30(39)35-26-16-15-23-12-8-9-13-24(23)20-26)37(21(2)3)31(40)27(17-18-28(34)38)36-32(41)42-33(4,5)6/h7-16,19-21,27,29H,1,17-18H2,2-6H3,(H2,34,38)(H,35,39)(H,36,41). The maximum absolute atomic E-state index is 14.2. The molecule has 0 heterocycles. The van der Waals surface area contributed by atoms with Crippen LogP contribution in [0.5, 0.6) is 0 Å². The molecule has 0 radical (unpaired) electrons. The number of alkyl carbamates (subject to hydrolysis) is 1. The van der Waals surface area contributed by atoms with Crippen molar-refractivity contribution in [2.75, 3.05) is 5.32 Å². The van der Waals surface area contributed by atoms with Gasteiger partial charge >= 0.3 is 6.09 Å². The van der Waals surface area contributed by atoms with E-state index in [1.807, 2.05) is 42.5 Å². The average molecular weight is 573 g/mol. The van der Waals surface area contributed by atoms with Gasteiger partial charge in [-0.05, 0) is 81.1 Å². The number of hydrogen-bond donors (Lipinski definition) is 3. The fraction of sp³-hybridized carbons (Fsp3) is 0.333. The smallest absolute Gasteiger partial charge is 0.408 e. The predicted octanol–water partition coefficient (Wildman–Crippen LogP) is 5.56. The molecule has 2 unspecified atom stereocenters. The Morgan fingerprint density at radius 3 is 2.29 bits per heavy atom. The van der Waals surface area contributed by atoms with E-state index in [1.54, 1.807) is 65.0 Å². The maximum Gasteiger partial charge on any atom is 0.408 e. The number of rotatable bonds is 11. The third kappa shape index (κ3) is 8.67. The number of benzene rings is 3. The zero-order valence-electron chi connectivity index (χ0n) is 24.8. The van der Waals surface area contributed by atoms with Crippen LogP contribution in [0.4, 0.5) is 10.5 Å². The van der Waals surface area contributed by atoms with Crippen molar-refractivity contribution >= 4 is 46.4 Å². The van der Waals surface area contributed by atoms with Gasteiger partial charge in [0.2, 0.25) is 11.8 Å². The predicted molar refractivity (Wildman–Crippen MR) is 165 cm³/mol. The second-order valence-electron chi connectivity index (χ2n) is 11.4. The summed E-state index contributed by atoms with van der Waals surface area (Å²) in [6.07, 6.45) is 0.614. The van der Waals surface area contributed by atoms with Gasteiger partial charge in [-0.2, -0.15) is 0 Å². The highest BCUT2D eigenvalue weighted by Gasteiger charge is 2.38. The lowest BCUT2D eigenvalue weighted by Gasteiger charge is -2.37. The minimum absolute atomic E-state index is 0.0671. The highest BCUT2D eigenvalue weighted by molar-refractivity contribution is 6.00. The van der Waals surface area contributed by atoms with Crippen LogP contribution in [0.25, 0.3) is 16.8 Å². The average Bonchev–Trinajstić information content (AvgIpc) is 2.92. The van der Waals surface area contributed by atoms with E-state index in [-0.39, 0.29) is 12.8 Å². The summed E-state index contributed by atoms with van der Waals surface area (Å²) in [5.41, 5.74) is 6.46. The summed E-state index contributed by atoms with van der Waals surface area (Å²) in [5.74, 6) is -1.63. The third-order valence-corrected chi connectivity index (χ3v) is 6.48. The molecule has 0 saturated carbocycles. The number of primary amides is 1. The first-order chi connectivity index (χ1) is 19.8. The minimum atomic E-state index is -1.17. The van der Waals surface area contributed by atoms with Gasteiger partial charge in [-0.15, -0.1) is 0 Å². The van der Waals surface area contributed by atoms with E-state index in [0.717, 1.165) is 16.3 Å². The van der Waals surface area contributed by atoms with E-state index in [4.69, 9.17) is 10.5 Å². The highest BCUT2D eigenvalue weighted by Crippen LogP contribution is 2.29. The molecule has 0 aliphatic heterocycles. The summed E-state index contributed by atoms with van der Waals surface area (Å²) in [5, 5.41) is 7.54. The molecule has 0 aliphatic carbocycles. The topological polar surface area (TPSA) is 131 Å². The van der Waals surface area contributed by atoms with Crippen LogP contribution in [0.2, 0.25) is 0 Å². The molecular formula is C33H40N4O5. The molecule has 0 spiro atoms. The normalized spacial score (nSPS) is 12.7. The SMILES string of the molecule is C=Cc1cccc(C(C(=O)Nc2ccc3ccccc3c2)N(C(=O)C(CCC(N)=O)NC(=O)OC(C)(C)C)C(C)C)c1. The summed E-state index contributed by atoms with van der Waals surface area (Å²) in [6, 6.07) is 17.8. The molecule has 4 amide bonds. The quantitative estimate of drug-likeness (QED) is 0.277. The monoisotopic (exact) mass is 572 g/mol. The number of nitrogens with zero attached hydrogens (tertiary/aromatic N) is 1. The Morgan fingerprint density at radius 1 is 0.976 bits per heavy atom. The van der Waals surface area contributed by atoms with E-state index >= 15 is 0 Å². The molecule has 0 saturated heterocycles. The van der Waals surface area contributed by atoms with Gasteiger partial charge in [-0.3, -0.25) is 14.4 Å². The van der Waals surface area contributed by atoms with Crippen molar-refractivity contribution in [3.05, 3.63) is 84.4 Å². The Labute approximate surface area is 247 Å². The van der Waals surface area contributed by atoms with Crippen molar-refractivity contribution in [1.82, 2.24) is 10.2 Å². The van der Waals surface area contributed by atoms with Gasteiger partial charge in [0.15, 0.2) is 0 Å². The van der Waals surface area contributed by atoms with Gasteiger partial charge in [0, 0.05) is 18.2 Å². The number of ether oxygens (including phenoxy) is 1. The van der Waals surface area contributed by atoms with E-state index in [1.165, 1.54) is 4.90 Å². The molecule has 0 bridgehead atoms. The molecule has 222 valence electrons. The zero-order chi connectivity index (χ0) is 31.0. The lowest BCUT2D eigenvalue weighted by molar-refractivity contribution is -0.143. The van der Waals surface area contributed by atoms with Crippen molar-refractivity contribution in [1.29, 1.82) is 0 Å². The van der Waals surface area contributed by atoms with Crippen molar-refractivity contribution in [2.45, 2.75) is 71.2 Å². The minimum Gasteiger partial charge on any atom is -0.444 e. The second-order valence-corrected chi connectivity index (χ2v) is 11.4. The molecule has 3 rings (SSSR count). The van der Waals surface area contributed by atoms with Crippen molar-refractivity contribution < 1.29 is 23.9 Å². The van der Waals surface area contributed by atoms with Crippen LogP contribution >= 0.6 is 0 Å². The molecule has 3 aromatic carbocycles. The number of anilines is 1. The molecule has 3 aromatic rings. The molecule has 4 N–H and O–H groups in total. The third-order valence-electron chi connectivity index (χ3n) is 6.48. The maximum atomic E-state index is 14.2. The number of fused-ring (bicyclic) bond motifs is 1. The molecule has 0 aromatic heterocycles. The first-order valence-electron chi connectivity index (χ1n) is 13.9. The number of nitrogens with two attached hydrogens (primary N) is 1. The van der Waals surface area contributed by atoms with E-state index in [0.29, 0.717) is 11.3 Å². The van der Waals surface area contributed by atoms with Gasteiger partial charge < -0.3 is 26.0 Å². The van der Waals surface area contributed by atoms with E-state index in [9.17, 15) is 19.2 Å². The van der Waals surface area contributed by atoms with Gasteiger partial charge in [-0.1, -0.05) is 61.2 Å². The summed E-state index contributed by atoms with van der Waals surface area (Å²) in [7, 11) is 0. The number of carbonyl (C=O) groups is 4. The van der Waals surface area contributed by atoms with Crippen LogP contribution < -0.4 is 16.4 Å². The van der Waals surface area contributed by atoms with Crippen molar-refractivity contribution in [3.8, 4) is 0 Å². The number of nitrogens with one attached hydrogen (secondary N) is 2. The van der Waals surface area contributed by atoms with E-state index < -0.39 is 47.5 Å². The zero-order valence-corrected chi connectivity index (χ0v) is 24.8. The van der Waals surface area contributed by atoms with Gasteiger partial charge in [0.05, 0.1) is 0 Å². The fourth-order valence-electron chi connectivity index (χ4n) is 4.63. The molecule has 9 nitrogen and oxygen atoms in total. The summed E-state index contributed by atoms with van der Waals surface area (Å²) in [4.78, 5) is 54.1. The van der Waals surface area contributed by atoms with Gasteiger partial charge in [-0.25, -0.2) is 4.79 Å². The summed E-state index contributed by atoms with van der Waals surface area (Å²) < 4.78 is 5.38. The lowest BCUT2D eigenvalue weighted by atomic mass is 9.98. The first-order valence-corrected chi connectivity index (χ1v) is 13.9. The highest BCUT2D eigenvalue weighted by atomic mass is 16.6. The number of amides is 4. The molecular weight excluding hydrogens is 532 g/mol. The first kappa shape index (κ1) is 31.9. The van der Waals surface area contributed by atoms with Crippen LogP contribution in [0.3, 0.4) is 0 Å². The van der Waals surface area contributed by atoms with Crippen molar-refractivity contribution in [3.63, 3.8) is 0 Å². The Bertz CT molecular complexity index is 1460. The summed E-state index contributed by atoms with van der Waals surface area (Å²) in [6.45, 7) is 12.5. The lowest BCUT2D eigenvalue weighted by Crippen LogP contribution is -2.54. The van der Waals surface area contributed by atoms with Gasteiger partial charge in [0.1, 0.15) is 17.7 Å². The Morgan fingerprint density at radius 2 is 1.67 bits per heavy atom. The second kappa shape index (κ2) is 13.8. The molecule has 2 atom stereocenters. The molecule has 42 heavy (non-hydrogen) atoms. The van der Waals surface area contributed by atoms with Crippen LogP contribution in [0.1, 0.15) is 64.6 Å². The van der Waals surface area contributed by atoms with Crippen LogP contribution in [-0.4, -0.2) is 46.4 Å². The van der Waals surface area contributed by atoms with E-state index in [2.05, 4.69) is 17.2 Å². The number of carbonyl (C=O) groups excluding carboxylic acids is 4. The van der Waals surface area contributed by atoms with Crippen LogP contribution in [-0.2, 0) is 19.1 Å².